The molecule has 2 aromatic carbocycles. The number of rotatable bonds is 5. The number of tetrazole rings is 1. The van der Waals surface area contributed by atoms with Crippen LogP contribution in [0.4, 0.5) is 5.69 Å². The number of carbonyl (C=O) groups is 1. The number of hydrogen-bond donors (Lipinski definition) is 1. The van der Waals surface area contributed by atoms with Gasteiger partial charge in [-0.05, 0) is 53.6 Å². The molecule has 0 aliphatic carbocycles. The van der Waals surface area contributed by atoms with Crippen LogP contribution in [0.3, 0.4) is 0 Å². The number of para-hydroxylation sites is 1. The summed E-state index contributed by atoms with van der Waals surface area (Å²) in [6.45, 7) is 1.96. The van der Waals surface area contributed by atoms with Gasteiger partial charge in [-0.15, -0.1) is 5.10 Å². The fourth-order valence-corrected chi connectivity index (χ4v) is 3.37. The maximum Gasteiger partial charge on any atom is 0.256 e. The molecular weight excluding hydrogens is 364 g/mol. The van der Waals surface area contributed by atoms with Gasteiger partial charge in [0.25, 0.3) is 5.91 Å². The minimum atomic E-state index is 0.000140. The van der Waals surface area contributed by atoms with E-state index in [2.05, 4.69) is 20.8 Å². The SMILES string of the molecule is O=C(c1cc(Cl)ccc1NCc1nnnn1-c1ccccc1)N1CCCC1. The van der Waals surface area contributed by atoms with Gasteiger partial charge in [-0.2, -0.15) is 4.68 Å². The number of nitrogens with zero attached hydrogens (tertiary/aromatic N) is 5. The van der Waals surface area contributed by atoms with E-state index in [0.717, 1.165) is 37.3 Å². The van der Waals surface area contributed by atoms with E-state index in [1.54, 1.807) is 16.8 Å². The quantitative estimate of drug-likeness (QED) is 0.733. The summed E-state index contributed by atoms with van der Waals surface area (Å²) in [4.78, 5) is 14.7. The van der Waals surface area contributed by atoms with Gasteiger partial charge >= 0.3 is 0 Å². The average molecular weight is 383 g/mol. The number of nitrogens with one attached hydrogen (secondary N) is 1. The molecule has 0 unspecified atom stereocenters. The Bertz CT molecular complexity index is 936. The number of halogens is 1. The van der Waals surface area contributed by atoms with Gasteiger partial charge in [-0.25, -0.2) is 0 Å². The second-order valence-corrected chi connectivity index (χ2v) is 6.82. The molecular formula is C19H19ClN6O. The Hall–Kier alpha value is -2.93. The second-order valence-electron chi connectivity index (χ2n) is 6.39. The van der Waals surface area contributed by atoms with E-state index in [-0.39, 0.29) is 5.91 Å². The topological polar surface area (TPSA) is 75.9 Å². The lowest BCUT2D eigenvalue weighted by Gasteiger charge is -2.18. The summed E-state index contributed by atoms with van der Waals surface area (Å²) in [6.07, 6.45) is 2.09. The number of amides is 1. The molecule has 8 heteroatoms. The van der Waals surface area contributed by atoms with Crippen molar-refractivity contribution in [1.82, 2.24) is 25.1 Å². The molecule has 1 aromatic heterocycles. The van der Waals surface area contributed by atoms with Crippen molar-refractivity contribution in [3.63, 3.8) is 0 Å². The maximum absolute atomic E-state index is 12.9. The zero-order chi connectivity index (χ0) is 18.6. The molecule has 1 N–H and O–H groups in total. The predicted molar refractivity (Wildman–Crippen MR) is 103 cm³/mol. The highest BCUT2D eigenvalue weighted by molar-refractivity contribution is 6.31. The van der Waals surface area contributed by atoms with Crippen molar-refractivity contribution in [3.05, 3.63) is 64.9 Å². The highest BCUT2D eigenvalue weighted by atomic mass is 35.5. The van der Waals surface area contributed by atoms with Gasteiger partial charge in [-0.3, -0.25) is 4.79 Å². The third-order valence-corrected chi connectivity index (χ3v) is 4.81. The van der Waals surface area contributed by atoms with Crippen LogP contribution in [-0.4, -0.2) is 44.1 Å². The summed E-state index contributed by atoms with van der Waals surface area (Å²) >= 11 is 6.14. The number of hydrogen-bond acceptors (Lipinski definition) is 5. The van der Waals surface area contributed by atoms with Crippen molar-refractivity contribution in [1.29, 1.82) is 0 Å². The van der Waals surface area contributed by atoms with Crippen LogP contribution in [0.1, 0.15) is 29.0 Å². The lowest BCUT2D eigenvalue weighted by atomic mass is 10.1. The molecule has 1 fully saturated rings. The summed E-state index contributed by atoms with van der Waals surface area (Å²) in [6, 6.07) is 15.0. The first-order chi connectivity index (χ1) is 13.2. The molecule has 1 aliphatic heterocycles. The lowest BCUT2D eigenvalue weighted by molar-refractivity contribution is 0.0793. The molecule has 0 saturated carbocycles. The number of anilines is 1. The molecule has 0 radical (unpaired) electrons. The molecule has 138 valence electrons. The Balaban J connectivity index is 1.56. The van der Waals surface area contributed by atoms with Gasteiger partial charge in [0.1, 0.15) is 0 Å². The molecule has 0 spiro atoms. The summed E-state index contributed by atoms with van der Waals surface area (Å²) in [5.41, 5.74) is 2.17. The standard InChI is InChI=1S/C19H19ClN6O/c20-14-8-9-17(16(12-14)19(27)25-10-4-5-11-25)21-13-18-22-23-24-26(18)15-6-2-1-3-7-15/h1-3,6-9,12,21H,4-5,10-11,13H2. The fourth-order valence-electron chi connectivity index (χ4n) is 3.20. The maximum atomic E-state index is 12.9. The van der Waals surface area contributed by atoms with E-state index in [0.29, 0.717) is 23.0 Å². The summed E-state index contributed by atoms with van der Waals surface area (Å²) < 4.78 is 1.67. The fraction of sp³-hybridized carbons (Fsp3) is 0.263. The third kappa shape index (κ3) is 3.78. The molecule has 1 saturated heterocycles. The highest BCUT2D eigenvalue weighted by Crippen LogP contribution is 2.24. The molecule has 3 aromatic rings. The van der Waals surface area contributed by atoms with E-state index in [9.17, 15) is 4.79 Å². The van der Waals surface area contributed by atoms with Crippen LogP contribution in [-0.2, 0) is 6.54 Å². The largest absolute Gasteiger partial charge is 0.377 e. The Morgan fingerprint density at radius 2 is 1.89 bits per heavy atom. The summed E-state index contributed by atoms with van der Waals surface area (Å²) in [5.74, 6) is 0.649. The van der Waals surface area contributed by atoms with E-state index in [4.69, 9.17) is 11.6 Å². The van der Waals surface area contributed by atoms with Crippen LogP contribution < -0.4 is 5.32 Å². The first kappa shape index (κ1) is 17.5. The molecule has 4 rings (SSSR count). The van der Waals surface area contributed by atoms with Crippen molar-refractivity contribution in [2.75, 3.05) is 18.4 Å². The number of carbonyl (C=O) groups excluding carboxylic acids is 1. The number of benzene rings is 2. The molecule has 2 heterocycles. The Morgan fingerprint density at radius 1 is 1.11 bits per heavy atom. The van der Waals surface area contributed by atoms with E-state index in [1.165, 1.54) is 0 Å². The van der Waals surface area contributed by atoms with Gasteiger partial charge in [0, 0.05) is 23.8 Å². The summed E-state index contributed by atoms with van der Waals surface area (Å²) in [7, 11) is 0. The zero-order valence-corrected chi connectivity index (χ0v) is 15.4. The minimum Gasteiger partial charge on any atom is -0.377 e. The Kier molecular flexibility index (Phi) is 5.02. The van der Waals surface area contributed by atoms with Crippen LogP contribution in [0.5, 0.6) is 0 Å². The molecule has 0 bridgehead atoms. The van der Waals surface area contributed by atoms with Gasteiger partial charge in [0.2, 0.25) is 0 Å². The normalized spacial score (nSPS) is 13.7. The van der Waals surface area contributed by atoms with Gasteiger partial charge in [0.15, 0.2) is 5.82 Å². The minimum absolute atomic E-state index is 0.000140. The monoisotopic (exact) mass is 382 g/mol. The summed E-state index contributed by atoms with van der Waals surface area (Å²) in [5, 5.41) is 15.7. The molecule has 0 atom stereocenters. The van der Waals surface area contributed by atoms with Crippen molar-refractivity contribution in [3.8, 4) is 5.69 Å². The first-order valence-corrected chi connectivity index (χ1v) is 9.25. The van der Waals surface area contributed by atoms with Crippen molar-refractivity contribution in [2.45, 2.75) is 19.4 Å². The van der Waals surface area contributed by atoms with Gasteiger partial charge < -0.3 is 10.2 Å². The van der Waals surface area contributed by atoms with Crippen LogP contribution in [0.2, 0.25) is 5.02 Å². The van der Waals surface area contributed by atoms with E-state index in [1.807, 2.05) is 41.3 Å². The zero-order valence-electron chi connectivity index (χ0n) is 14.7. The van der Waals surface area contributed by atoms with Crippen molar-refractivity contribution < 1.29 is 4.79 Å². The van der Waals surface area contributed by atoms with Crippen LogP contribution in [0.15, 0.2) is 48.5 Å². The van der Waals surface area contributed by atoms with Crippen molar-refractivity contribution in [2.24, 2.45) is 0 Å². The Labute approximate surface area is 161 Å². The smallest absolute Gasteiger partial charge is 0.256 e. The molecule has 1 amide bonds. The molecule has 27 heavy (non-hydrogen) atoms. The number of aromatic nitrogens is 4. The van der Waals surface area contributed by atoms with Crippen LogP contribution in [0.25, 0.3) is 5.69 Å². The van der Waals surface area contributed by atoms with Gasteiger partial charge in [0.05, 0.1) is 17.8 Å². The highest BCUT2D eigenvalue weighted by Gasteiger charge is 2.22. The first-order valence-electron chi connectivity index (χ1n) is 8.88. The predicted octanol–water partition coefficient (Wildman–Crippen LogP) is 3.16. The second kappa shape index (κ2) is 7.75. The van der Waals surface area contributed by atoms with E-state index >= 15 is 0 Å². The van der Waals surface area contributed by atoms with Crippen LogP contribution in [0, 0.1) is 0 Å². The lowest BCUT2D eigenvalue weighted by Crippen LogP contribution is -2.28. The average Bonchev–Trinajstić information content (AvgIpc) is 3.39. The van der Waals surface area contributed by atoms with E-state index < -0.39 is 0 Å². The third-order valence-electron chi connectivity index (χ3n) is 4.58. The number of likely N-dealkylation sites (tertiary alicyclic amines) is 1. The Morgan fingerprint density at radius 3 is 2.67 bits per heavy atom. The van der Waals surface area contributed by atoms with Crippen molar-refractivity contribution >= 4 is 23.2 Å². The van der Waals surface area contributed by atoms with Crippen LogP contribution >= 0.6 is 11.6 Å². The molecule has 1 aliphatic rings. The molecule has 7 nitrogen and oxygen atoms in total. The van der Waals surface area contributed by atoms with Gasteiger partial charge in [-0.1, -0.05) is 29.8 Å².